The van der Waals surface area contributed by atoms with Gasteiger partial charge in [-0.05, 0) is 30.2 Å². The maximum absolute atomic E-state index is 13.6. The Labute approximate surface area is 165 Å². The van der Waals surface area contributed by atoms with E-state index in [9.17, 15) is 13.6 Å². The van der Waals surface area contributed by atoms with E-state index >= 15 is 0 Å². The minimum Gasteiger partial charge on any atom is -0.365 e. The van der Waals surface area contributed by atoms with Crippen LogP contribution in [0.3, 0.4) is 0 Å². The van der Waals surface area contributed by atoms with Gasteiger partial charge < -0.3 is 10.2 Å². The Morgan fingerprint density at radius 1 is 1.28 bits per heavy atom. The molecule has 8 nitrogen and oxygen atoms in total. The highest BCUT2D eigenvalue weighted by atomic mass is 19.1. The zero-order valence-electron chi connectivity index (χ0n) is 15.3. The van der Waals surface area contributed by atoms with E-state index in [1.807, 2.05) is 6.07 Å². The van der Waals surface area contributed by atoms with Crippen molar-refractivity contribution in [3.05, 3.63) is 53.5 Å². The normalized spacial score (nSPS) is 20.7. The Hall–Kier alpha value is -3.61. The average molecular weight is 397 g/mol. The lowest BCUT2D eigenvalue weighted by atomic mass is 10.0. The zero-order valence-corrected chi connectivity index (χ0v) is 15.3. The van der Waals surface area contributed by atoms with Crippen LogP contribution in [0.2, 0.25) is 0 Å². The molecule has 1 N–H and O–H groups in total. The summed E-state index contributed by atoms with van der Waals surface area (Å²) in [4.78, 5) is 22.5. The van der Waals surface area contributed by atoms with E-state index in [1.54, 1.807) is 17.2 Å². The Morgan fingerprint density at radius 2 is 2.07 bits per heavy atom. The molecule has 0 aliphatic carbocycles. The Bertz CT molecular complexity index is 986. The molecule has 2 aromatic rings. The smallest absolute Gasteiger partial charge is 0.341 e. The molecule has 1 aromatic heterocycles. The second-order valence-corrected chi connectivity index (χ2v) is 6.83. The summed E-state index contributed by atoms with van der Waals surface area (Å²) in [5.74, 6) is -0.793. The molecule has 3 heterocycles. The van der Waals surface area contributed by atoms with Crippen molar-refractivity contribution in [3.8, 4) is 6.07 Å². The van der Waals surface area contributed by atoms with Crippen LogP contribution in [-0.4, -0.2) is 51.3 Å². The maximum atomic E-state index is 13.6. The lowest BCUT2D eigenvalue weighted by molar-refractivity contribution is 0.151. The summed E-state index contributed by atoms with van der Waals surface area (Å²) in [6, 6.07) is 5.87. The van der Waals surface area contributed by atoms with Crippen molar-refractivity contribution in [2.24, 2.45) is 5.10 Å². The molecule has 0 radical (unpaired) electrons. The van der Waals surface area contributed by atoms with Crippen molar-refractivity contribution in [1.29, 1.82) is 5.26 Å². The van der Waals surface area contributed by atoms with Gasteiger partial charge in [0.15, 0.2) is 0 Å². The van der Waals surface area contributed by atoms with Gasteiger partial charge in [0.05, 0.1) is 6.04 Å². The van der Waals surface area contributed by atoms with Crippen LogP contribution in [-0.2, 0) is 0 Å². The van der Waals surface area contributed by atoms with E-state index in [4.69, 9.17) is 5.26 Å². The molecule has 29 heavy (non-hydrogen) atoms. The van der Waals surface area contributed by atoms with Gasteiger partial charge in [0, 0.05) is 44.0 Å². The van der Waals surface area contributed by atoms with Crippen LogP contribution in [0.15, 0.2) is 35.6 Å². The lowest BCUT2D eigenvalue weighted by Crippen LogP contribution is -2.40. The number of benzene rings is 1. The van der Waals surface area contributed by atoms with Crippen molar-refractivity contribution in [2.45, 2.75) is 24.9 Å². The highest BCUT2D eigenvalue weighted by Crippen LogP contribution is 2.31. The summed E-state index contributed by atoms with van der Waals surface area (Å²) < 4.78 is 27.2. The molecule has 2 amide bonds. The van der Waals surface area contributed by atoms with Crippen molar-refractivity contribution >= 4 is 18.1 Å². The maximum Gasteiger partial charge on any atom is 0.341 e. The molecule has 0 saturated carbocycles. The molecular weight excluding hydrogens is 380 g/mol. The molecule has 1 fully saturated rings. The van der Waals surface area contributed by atoms with E-state index in [-0.39, 0.29) is 17.9 Å². The first-order chi connectivity index (χ1) is 14.0. The number of carbonyl (C=O) groups excluding carboxylic acids is 1. The molecule has 10 heteroatoms. The van der Waals surface area contributed by atoms with E-state index in [0.717, 1.165) is 6.07 Å². The second-order valence-electron chi connectivity index (χ2n) is 6.83. The molecule has 2 atom stereocenters. The van der Waals surface area contributed by atoms with Gasteiger partial charge in [-0.3, -0.25) is 0 Å². The van der Waals surface area contributed by atoms with Crippen LogP contribution in [0.5, 0.6) is 0 Å². The number of hydrogen-bond donors (Lipinski definition) is 1. The van der Waals surface area contributed by atoms with Gasteiger partial charge in [-0.15, -0.1) is 0 Å². The number of amides is 2. The van der Waals surface area contributed by atoms with Gasteiger partial charge in [0.2, 0.25) is 5.82 Å². The summed E-state index contributed by atoms with van der Waals surface area (Å²) in [6.07, 6.45) is 4.14. The van der Waals surface area contributed by atoms with Crippen molar-refractivity contribution < 1.29 is 13.6 Å². The second kappa shape index (κ2) is 7.79. The third-order valence-corrected chi connectivity index (χ3v) is 4.86. The molecular formula is C19H17F2N7O. The number of halogens is 2. The number of nitrogens with zero attached hydrogens (tertiary/aromatic N) is 6. The van der Waals surface area contributed by atoms with Gasteiger partial charge >= 0.3 is 6.03 Å². The van der Waals surface area contributed by atoms with Gasteiger partial charge in [-0.2, -0.15) is 10.4 Å². The average Bonchev–Trinajstić information content (AvgIpc) is 3.36. The molecule has 0 spiro atoms. The molecule has 2 aliphatic rings. The topological polar surface area (TPSA) is 97.5 Å². The number of hydrazone groups is 1. The summed E-state index contributed by atoms with van der Waals surface area (Å²) in [5, 5.41) is 17.5. The number of nitriles is 1. The van der Waals surface area contributed by atoms with Crippen molar-refractivity contribution in [2.75, 3.05) is 18.4 Å². The largest absolute Gasteiger partial charge is 0.365 e. The summed E-state index contributed by atoms with van der Waals surface area (Å²) in [6.45, 7) is 0.921. The fourth-order valence-corrected chi connectivity index (χ4v) is 3.54. The van der Waals surface area contributed by atoms with Gasteiger partial charge in [-0.25, -0.2) is 28.6 Å². The SMILES string of the molecule is N#Cc1nccc(N[C@@H]2CCN(C(=O)N3N=CC[C@H]3c3cc(F)cc(F)c3)C2)n1. The molecule has 148 valence electrons. The van der Waals surface area contributed by atoms with E-state index in [0.29, 0.717) is 37.3 Å². The number of aromatic nitrogens is 2. The molecule has 2 aliphatic heterocycles. The monoisotopic (exact) mass is 397 g/mol. The zero-order chi connectivity index (χ0) is 20.4. The molecule has 1 saturated heterocycles. The van der Waals surface area contributed by atoms with Crippen LogP contribution in [0, 0.1) is 23.0 Å². The van der Waals surface area contributed by atoms with Crippen LogP contribution in [0.25, 0.3) is 0 Å². The number of hydrogen-bond acceptors (Lipinski definition) is 6. The fraction of sp³-hybridized carbons (Fsp3) is 0.316. The van der Waals surface area contributed by atoms with Crippen LogP contribution < -0.4 is 5.32 Å². The van der Waals surface area contributed by atoms with Crippen molar-refractivity contribution in [3.63, 3.8) is 0 Å². The van der Waals surface area contributed by atoms with Crippen molar-refractivity contribution in [1.82, 2.24) is 19.9 Å². The molecule has 4 rings (SSSR count). The summed E-state index contributed by atoms with van der Waals surface area (Å²) in [7, 11) is 0. The first kappa shape index (κ1) is 18.7. The minimum atomic E-state index is -0.689. The van der Waals surface area contributed by atoms with Gasteiger partial charge in [0.25, 0.3) is 0 Å². The van der Waals surface area contributed by atoms with E-state index in [2.05, 4.69) is 20.4 Å². The third-order valence-electron chi connectivity index (χ3n) is 4.86. The Morgan fingerprint density at radius 3 is 2.83 bits per heavy atom. The first-order valence-electron chi connectivity index (χ1n) is 9.10. The minimum absolute atomic E-state index is 0.0444. The number of anilines is 1. The number of nitrogens with one attached hydrogen (secondary N) is 1. The fourth-order valence-electron chi connectivity index (χ4n) is 3.54. The number of urea groups is 1. The van der Waals surface area contributed by atoms with Gasteiger partial charge in [0.1, 0.15) is 23.5 Å². The van der Waals surface area contributed by atoms with Gasteiger partial charge in [-0.1, -0.05) is 0 Å². The standard InChI is InChI=1S/C19H17F2N7O/c20-13-7-12(8-14(21)9-13)16-1-5-24-28(16)19(29)27-6-3-15(11-27)25-17-2-4-23-18(10-22)26-17/h2,4-5,7-9,15-16H,1,3,6,11H2,(H,23,25,26)/t15-,16+/m1/s1. The van der Waals surface area contributed by atoms with E-state index < -0.39 is 17.7 Å². The molecule has 0 unspecified atom stereocenters. The first-order valence-corrected chi connectivity index (χ1v) is 9.10. The Kier molecular flexibility index (Phi) is 5.03. The van der Waals surface area contributed by atoms with E-state index in [1.165, 1.54) is 23.3 Å². The lowest BCUT2D eigenvalue weighted by Gasteiger charge is -2.27. The molecule has 0 bridgehead atoms. The van der Waals surface area contributed by atoms with Crippen LogP contribution >= 0.6 is 0 Å². The quantitative estimate of drug-likeness (QED) is 0.859. The highest BCUT2D eigenvalue weighted by molar-refractivity contribution is 5.79. The number of likely N-dealkylation sites (tertiary alicyclic amines) is 1. The van der Waals surface area contributed by atoms with Crippen LogP contribution in [0.4, 0.5) is 19.4 Å². The predicted molar refractivity (Wildman–Crippen MR) is 99.8 cm³/mol. The number of rotatable bonds is 3. The summed E-state index contributed by atoms with van der Waals surface area (Å²) in [5.41, 5.74) is 0.368. The molecule has 1 aromatic carbocycles. The third kappa shape index (κ3) is 3.99. The van der Waals surface area contributed by atoms with Crippen LogP contribution in [0.1, 0.15) is 30.3 Å². The summed E-state index contributed by atoms with van der Waals surface area (Å²) >= 11 is 0. The Balaban J connectivity index is 1.43. The number of carbonyl (C=O) groups is 1. The predicted octanol–water partition coefficient (Wildman–Crippen LogP) is 2.67. The highest BCUT2D eigenvalue weighted by Gasteiger charge is 2.35.